The second-order valence-electron chi connectivity index (χ2n) is 4.15. The van der Waals surface area contributed by atoms with Crippen molar-refractivity contribution >= 4 is 17.4 Å². The lowest BCUT2D eigenvalue weighted by atomic mass is 10.3. The number of unbranched alkanes of at least 4 members (excludes halogenated alkanes) is 1. The molecule has 0 bridgehead atoms. The summed E-state index contributed by atoms with van der Waals surface area (Å²) >= 11 is 1.89. The van der Waals surface area contributed by atoms with Crippen molar-refractivity contribution in [3.05, 3.63) is 18.3 Å². The van der Waals surface area contributed by atoms with Gasteiger partial charge in [-0.05, 0) is 50.8 Å². The van der Waals surface area contributed by atoms with E-state index < -0.39 is 0 Å². The molecule has 0 aliphatic rings. The molecule has 0 radical (unpaired) electrons. The molecule has 1 aromatic rings. The van der Waals surface area contributed by atoms with Crippen LogP contribution in [-0.4, -0.2) is 29.6 Å². The van der Waals surface area contributed by atoms with Gasteiger partial charge in [-0.3, -0.25) is 0 Å². The minimum absolute atomic E-state index is 0.155. The summed E-state index contributed by atoms with van der Waals surface area (Å²) in [7, 11) is 0. The number of ether oxygens (including phenoxy) is 1. The molecule has 0 atom stereocenters. The molecule has 4 heteroatoms. The van der Waals surface area contributed by atoms with Gasteiger partial charge in [-0.2, -0.15) is 11.8 Å². The van der Waals surface area contributed by atoms with Crippen molar-refractivity contribution in [1.29, 1.82) is 0 Å². The van der Waals surface area contributed by atoms with Gasteiger partial charge in [-0.1, -0.05) is 0 Å². The summed E-state index contributed by atoms with van der Waals surface area (Å²) in [6, 6.07) is 3.94. The lowest BCUT2D eigenvalue weighted by Gasteiger charge is -2.13. The highest BCUT2D eigenvalue weighted by atomic mass is 32.2. The molecule has 0 amide bonds. The third kappa shape index (κ3) is 5.82. The number of anilines is 1. The fourth-order valence-corrected chi connectivity index (χ4v) is 1.93. The number of pyridine rings is 1. The number of nitrogens with one attached hydrogen (secondary N) is 1. The Hall–Kier alpha value is -0.900. The van der Waals surface area contributed by atoms with Gasteiger partial charge < -0.3 is 10.1 Å². The van der Waals surface area contributed by atoms with Crippen molar-refractivity contribution < 1.29 is 4.74 Å². The van der Waals surface area contributed by atoms with Crippen LogP contribution in [0.4, 0.5) is 5.69 Å². The lowest BCUT2D eigenvalue weighted by molar-refractivity contribution is 0.234. The molecule has 0 saturated heterocycles. The van der Waals surface area contributed by atoms with Crippen molar-refractivity contribution in [3.63, 3.8) is 0 Å². The molecule has 96 valence electrons. The van der Waals surface area contributed by atoms with Gasteiger partial charge in [0.25, 0.3) is 0 Å². The van der Waals surface area contributed by atoms with E-state index in [0.29, 0.717) is 5.88 Å². The average Bonchev–Trinajstić information content (AvgIpc) is 2.30. The third-order valence-corrected chi connectivity index (χ3v) is 2.91. The van der Waals surface area contributed by atoms with E-state index in [1.807, 2.05) is 37.7 Å². The Labute approximate surface area is 108 Å². The fourth-order valence-electron chi connectivity index (χ4n) is 1.44. The number of aromatic nitrogens is 1. The minimum atomic E-state index is 0.155. The van der Waals surface area contributed by atoms with Crippen molar-refractivity contribution in [2.45, 2.75) is 32.8 Å². The van der Waals surface area contributed by atoms with Gasteiger partial charge in [0.1, 0.15) is 0 Å². The Kier molecular flexibility index (Phi) is 6.86. The molecule has 1 rings (SSSR count). The zero-order valence-electron chi connectivity index (χ0n) is 10.9. The van der Waals surface area contributed by atoms with Crippen LogP contribution in [0.15, 0.2) is 18.3 Å². The molecule has 1 aromatic heterocycles. The molecule has 3 nitrogen and oxygen atoms in total. The molecule has 0 aliphatic carbocycles. The minimum Gasteiger partial charge on any atom is -0.473 e. The van der Waals surface area contributed by atoms with Crippen molar-refractivity contribution in [2.75, 3.05) is 23.9 Å². The zero-order valence-corrected chi connectivity index (χ0v) is 11.7. The Balaban J connectivity index is 2.40. The van der Waals surface area contributed by atoms with Gasteiger partial charge in [-0.15, -0.1) is 0 Å². The van der Waals surface area contributed by atoms with Crippen molar-refractivity contribution in [2.24, 2.45) is 0 Å². The number of nitrogens with zero attached hydrogens (tertiary/aromatic N) is 1. The van der Waals surface area contributed by atoms with Gasteiger partial charge in [0.2, 0.25) is 5.88 Å². The highest BCUT2D eigenvalue weighted by Gasteiger charge is 2.05. The second-order valence-corrected chi connectivity index (χ2v) is 5.14. The summed E-state index contributed by atoms with van der Waals surface area (Å²) < 4.78 is 5.65. The van der Waals surface area contributed by atoms with E-state index in [9.17, 15) is 0 Å². The van der Waals surface area contributed by atoms with E-state index in [1.165, 1.54) is 18.6 Å². The number of hydrogen-bond acceptors (Lipinski definition) is 4. The van der Waals surface area contributed by atoms with Crippen LogP contribution < -0.4 is 10.1 Å². The molecule has 0 unspecified atom stereocenters. The first-order chi connectivity index (χ1) is 8.24. The Bertz CT molecular complexity index is 318. The zero-order chi connectivity index (χ0) is 12.5. The Morgan fingerprint density at radius 1 is 1.41 bits per heavy atom. The maximum absolute atomic E-state index is 5.65. The highest BCUT2D eigenvalue weighted by Crippen LogP contribution is 2.21. The predicted octanol–water partition coefficient (Wildman–Crippen LogP) is 3.42. The van der Waals surface area contributed by atoms with Gasteiger partial charge in [0.05, 0.1) is 11.8 Å². The summed E-state index contributed by atoms with van der Waals surface area (Å²) in [4.78, 5) is 4.25. The van der Waals surface area contributed by atoms with Crippen LogP contribution in [0, 0.1) is 0 Å². The first-order valence-corrected chi connectivity index (χ1v) is 7.48. The van der Waals surface area contributed by atoms with E-state index in [0.717, 1.165) is 12.2 Å². The molecule has 0 fully saturated rings. The molecular formula is C13H22N2OS. The molecule has 1 heterocycles. The van der Waals surface area contributed by atoms with E-state index in [4.69, 9.17) is 4.74 Å². The summed E-state index contributed by atoms with van der Waals surface area (Å²) in [5.41, 5.74) is 0.991. The van der Waals surface area contributed by atoms with Crippen LogP contribution in [0.1, 0.15) is 26.7 Å². The van der Waals surface area contributed by atoms with Crippen molar-refractivity contribution in [1.82, 2.24) is 4.98 Å². The quantitative estimate of drug-likeness (QED) is 0.721. The average molecular weight is 254 g/mol. The molecule has 1 N–H and O–H groups in total. The van der Waals surface area contributed by atoms with Crippen LogP contribution in [0.5, 0.6) is 5.88 Å². The van der Waals surface area contributed by atoms with Gasteiger partial charge >= 0.3 is 0 Å². The van der Waals surface area contributed by atoms with Crippen LogP contribution in [0.25, 0.3) is 0 Å². The Morgan fingerprint density at radius 2 is 2.24 bits per heavy atom. The SMILES string of the molecule is CSCCCCNc1cccnc1OC(C)C. The summed E-state index contributed by atoms with van der Waals surface area (Å²) in [5.74, 6) is 1.93. The molecule has 0 aromatic carbocycles. The number of rotatable bonds is 8. The maximum Gasteiger partial charge on any atom is 0.237 e. The maximum atomic E-state index is 5.65. The van der Waals surface area contributed by atoms with Gasteiger partial charge in [-0.25, -0.2) is 4.98 Å². The highest BCUT2D eigenvalue weighted by molar-refractivity contribution is 7.98. The second kappa shape index (κ2) is 8.23. The van der Waals surface area contributed by atoms with E-state index in [2.05, 4.69) is 16.6 Å². The molecule has 17 heavy (non-hydrogen) atoms. The largest absolute Gasteiger partial charge is 0.473 e. The first-order valence-electron chi connectivity index (χ1n) is 6.08. The standard InChI is InChI=1S/C13H22N2OS/c1-11(2)16-13-12(7-6-9-15-13)14-8-4-5-10-17-3/h6-7,9,11,14H,4-5,8,10H2,1-3H3. The molecular weight excluding hydrogens is 232 g/mol. The smallest absolute Gasteiger partial charge is 0.237 e. The normalized spacial score (nSPS) is 10.6. The first kappa shape index (κ1) is 14.2. The van der Waals surface area contributed by atoms with Crippen LogP contribution in [-0.2, 0) is 0 Å². The fraction of sp³-hybridized carbons (Fsp3) is 0.615. The lowest BCUT2D eigenvalue weighted by Crippen LogP contribution is -2.10. The van der Waals surface area contributed by atoms with Crippen LogP contribution in [0.3, 0.4) is 0 Å². The molecule has 0 saturated carbocycles. The number of hydrogen-bond donors (Lipinski definition) is 1. The van der Waals surface area contributed by atoms with Crippen LogP contribution >= 0.6 is 11.8 Å². The topological polar surface area (TPSA) is 34.2 Å². The molecule has 0 spiro atoms. The third-order valence-electron chi connectivity index (χ3n) is 2.21. The monoisotopic (exact) mass is 254 g/mol. The van der Waals surface area contributed by atoms with Crippen molar-refractivity contribution in [3.8, 4) is 5.88 Å². The summed E-state index contributed by atoms with van der Waals surface area (Å²) in [5, 5.41) is 3.38. The molecule has 0 aliphatic heterocycles. The summed E-state index contributed by atoms with van der Waals surface area (Å²) in [6.45, 7) is 4.99. The van der Waals surface area contributed by atoms with Gasteiger partial charge in [0.15, 0.2) is 0 Å². The van der Waals surface area contributed by atoms with Crippen LogP contribution in [0.2, 0.25) is 0 Å². The Morgan fingerprint density at radius 3 is 2.94 bits per heavy atom. The van der Waals surface area contributed by atoms with E-state index in [-0.39, 0.29) is 6.10 Å². The summed E-state index contributed by atoms with van der Waals surface area (Å²) in [6.07, 6.45) is 6.48. The van der Waals surface area contributed by atoms with E-state index >= 15 is 0 Å². The number of thioether (sulfide) groups is 1. The van der Waals surface area contributed by atoms with Gasteiger partial charge in [0, 0.05) is 12.7 Å². The van der Waals surface area contributed by atoms with E-state index in [1.54, 1.807) is 6.20 Å². The predicted molar refractivity (Wildman–Crippen MR) is 76.1 cm³/mol.